The van der Waals surface area contributed by atoms with Crippen LogP contribution in [0.2, 0.25) is 0 Å². The van der Waals surface area contributed by atoms with Gasteiger partial charge in [0.05, 0.1) is 12.2 Å². The molecule has 1 atom stereocenters. The molecular weight excluding hydrogens is 304 g/mol. The van der Waals surface area contributed by atoms with Gasteiger partial charge in [-0.2, -0.15) is 0 Å². The lowest BCUT2D eigenvalue weighted by atomic mass is 10.0. The number of hydrogen-bond donors (Lipinski definition) is 1. The van der Waals surface area contributed by atoms with Crippen LogP contribution < -0.4 is 4.90 Å². The van der Waals surface area contributed by atoms with Gasteiger partial charge in [-0.3, -0.25) is 4.79 Å². The predicted octanol–water partition coefficient (Wildman–Crippen LogP) is 1.48. The summed E-state index contributed by atoms with van der Waals surface area (Å²) in [5.74, 6) is 1.29. The molecule has 6 heteroatoms. The van der Waals surface area contributed by atoms with Crippen molar-refractivity contribution in [3.05, 3.63) is 41.6 Å². The normalized spacial score (nSPS) is 14.9. The van der Waals surface area contributed by atoms with Crippen LogP contribution in [0.3, 0.4) is 0 Å². The van der Waals surface area contributed by atoms with Crippen LogP contribution in [0.25, 0.3) is 11.4 Å². The Hall–Kier alpha value is -2.47. The Morgan fingerprint density at radius 2 is 1.96 bits per heavy atom. The average molecular weight is 326 g/mol. The first-order valence-corrected chi connectivity index (χ1v) is 8.06. The molecule has 3 rings (SSSR count). The molecule has 24 heavy (non-hydrogen) atoms. The van der Waals surface area contributed by atoms with Gasteiger partial charge in [0.15, 0.2) is 5.82 Å². The summed E-state index contributed by atoms with van der Waals surface area (Å²) in [4.78, 5) is 25.2. The molecule has 126 valence electrons. The van der Waals surface area contributed by atoms with Crippen LogP contribution in [0, 0.1) is 0 Å². The summed E-state index contributed by atoms with van der Waals surface area (Å²) < 4.78 is 0. The van der Waals surface area contributed by atoms with Crippen molar-refractivity contribution in [3.8, 4) is 11.4 Å². The van der Waals surface area contributed by atoms with Gasteiger partial charge in [-0.1, -0.05) is 30.3 Å². The van der Waals surface area contributed by atoms with Crippen LogP contribution in [0.5, 0.6) is 0 Å². The molecule has 0 saturated carbocycles. The lowest BCUT2D eigenvalue weighted by Crippen LogP contribution is -2.42. The highest BCUT2D eigenvalue weighted by Crippen LogP contribution is 2.28. The lowest BCUT2D eigenvalue weighted by molar-refractivity contribution is -0.140. The number of aliphatic hydroxyl groups is 1. The molecule has 1 unspecified atom stereocenters. The molecule has 1 amide bonds. The monoisotopic (exact) mass is 326 g/mol. The molecule has 1 N–H and O–H groups in total. The molecule has 0 bridgehead atoms. The highest BCUT2D eigenvalue weighted by atomic mass is 16.3. The topological polar surface area (TPSA) is 69.6 Å². The number of aromatic nitrogens is 2. The Morgan fingerprint density at radius 1 is 1.25 bits per heavy atom. The first-order chi connectivity index (χ1) is 11.5. The van der Waals surface area contributed by atoms with Crippen LogP contribution in [-0.2, 0) is 17.8 Å². The summed E-state index contributed by atoms with van der Waals surface area (Å²) in [6.07, 6.45) is -0.300. The number of amides is 1. The number of carbonyl (C=O) groups excluding carboxylic acids is 1. The minimum atomic E-state index is -0.990. The summed E-state index contributed by atoms with van der Waals surface area (Å²) in [6.45, 7) is 2.48. The van der Waals surface area contributed by atoms with Crippen molar-refractivity contribution >= 4 is 11.7 Å². The van der Waals surface area contributed by atoms with Crippen LogP contribution in [0.15, 0.2) is 30.3 Å². The van der Waals surface area contributed by atoms with Gasteiger partial charge in [-0.25, -0.2) is 9.97 Å². The highest BCUT2D eigenvalue weighted by molar-refractivity contribution is 5.80. The number of anilines is 1. The van der Waals surface area contributed by atoms with Crippen molar-refractivity contribution in [3.63, 3.8) is 0 Å². The first-order valence-electron chi connectivity index (χ1n) is 8.06. The highest BCUT2D eigenvalue weighted by Gasteiger charge is 2.27. The zero-order valence-electron chi connectivity index (χ0n) is 14.2. The maximum atomic E-state index is 12.1. The second-order valence-electron chi connectivity index (χ2n) is 6.24. The molecule has 1 aromatic carbocycles. The van der Waals surface area contributed by atoms with Crippen molar-refractivity contribution in [2.45, 2.75) is 26.0 Å². The van der Waals surface area contributed by atoms with E-state index in [-0.39, 0.29) is 5.91 Å². The summed E-state index contributed by atoms with van der Waals surface area (Å²) in [7, 11) is 3.93. The number of aliphatic hydroxyl groups excluding tert-OH is 1. The van der Waals surface area contributed by atoms with Gasteiger partial charge < -0.3 is 14.9 Å². The van der Waals surface area contributed by atoms with E-state index in [1.165, 1.54) is 6.92 Å². The van der Waals surface area contributed by atoms with Crippen LogP contribution in [0.1, 0.15) is 18.2 Å². The molecule has 2 heterocycles. The van der Waals surface area contributed by atoms with E-state index >= 15 is 0 Å². The molecule has 0 fully saturated rings. The van der Waals surface area contributed by atoms with Gasteiger partial charge in [0.2, 0.25) is 0 Å². The van der Waals surface area contributed by atoms with Gasteiger partial charge in [-0.15, -0.1) is 0 Å². The van der Waals surface area contributed by atoms with E-state index in [0.29, 0.717) is 25.3 Å². The molecule has 0 spiro atoms. The SMILES string of the molecule is CC(O)C(=O)N1CCc2c(nc(-c3ccccc3)nc2N(C)C)C1. The van der Waals surface area contributed by atoms with E-state index in [4.69, 9.17) is 9.97 Å². The Bertz CT molecular complexity index is 744. The molecule has 0 saturated heterocycles. The number of benzene rings is 1. The third-order valence-electron chi connectivity index (χ3n) is 4.17. The minimum Gasteiger partial charge on any atom is -0.384 e. The average Bonchev–Trinajstić information content (AvgIpc) is 2.60. The standard InChI is InChI=1S/C18H22N4O2/c1-12(23)18(24)22-10-9-14-15(11-22)19-16(20-17(14)21(2)3)13-7-5-4-6-8-13/h4-8,12,23H,9-11H2,1-3H3. The molecule has 0 radical (unpaired) electrons. The van der Waals surface area contributed by atoms with E-state index in [0.717, 1.165) is 22.6 Å². The first kappa shape index (κ1) is 16.4. The van der Waals surface area contributed by atoms with E-state index < -0.39 is 6.10 Å². The zero-order valence-corrected chi connectivity index (χ0v) is 14.2. The summed E-state index contributed by atoms with van der Waals surface area (Å²) in [6, 6.07) is 9.82. The van der Waals surface area contributed by atoms with Gasteiger partial charge in [0, 0.05) is 31.8 Å². The Labute approximate surface area is 141 Å². The lowest BCUT2D eigenvalue weighted by Gasteiger charge is -2.31. The maximum absolute atomic E-state index is 12.1. The smallest absolute Gasteiger partial charge is 0.251 e. The van der Waals surface area contributed by atoms with E-state index in [1.807, 2.05) is 49.3 Å². The molecule has 0 aliphatic carbocycles. The van der Waals surface area contributed by atoms with Crippen molar-refractivity contribution in [2.75, 3.05) is 25.5 Å². The Morgan fingerprint density at radius 3 is 2.58 bits per heavy atom. The second kappa shape index (κ2) is 6.57. The number of fused-ring (bicyclic) bond motifs is 1. The van der Waals surface area contributed by atoms with Crippen LogP contribution >= 0.6 is 0 Å². The maximum Gasteiger partial charge on any atom is 0.251 e. The molecule has 1 aliphatic heterocycles. The van der Waals surface area contributed by atoms with E-state index in [1.54, 1.807) is 4.90 Å². The summed E-state index contributed by atoms with van der Waals surface area (Å²) in [5.41, 5.74) is 2.88. The summed E-state index contributed by atoms with van der Waals surface area (Å²) >= 11 is 0. The van der Waals surface area contributed by atoms with E-state index in [2.05, 4.69) is 0 Å². The zero-order chi connectivity index (χ0) is 17.3. The Kier molecular flexibility index (Phi) is 4.49. The number of nitrogens with zero attached hydrogens (tertiary/aromatic N) is 4. The van der Waals surface area contributed by atoms with Crippen molar-refractivity contribution in [1.82, 2.24) is 14.9 Å². The second-order valence-corrected chi connectivity index (χ2v) is 6.24. The van der Waals surface area contributed by atoms with Gasteiger partial charge >= 0.3 is 0 Å². The van der Waals surface area contributed by atoms with Gasteiger partial charge in [0.1, 0.15) is 11.9 Å². The van der Waals surface area contributed by atoms with Crippen molar-refractivity contribution in [1.29, 1.82) is 0 Å². The molecule has 1 aliphatic rings. The third-order valence-corrected chi connectivity index (χ3v) is 4.17. The predicted molar refractivity (Wildman–Crippen MR) is 92.6 cm³/mol. The molecule has 2 aromatic rings. The molecule has 1 aromatic heterocycles. The van der Waals surface area contributed by atoms with Crippen LogP contribution in [-0.4, -0.2) is 52.6 Å². The van der Waals surface area contributed by atoms with Crippen molar-refractivity contribution < 1.29 is 9.90 Å². The molecular formula is C18H22N4O2. The number of hydrogen-bond acceptors (Lipinski definition) is 5. The number of carbonyl (C=O) groups is 1. The summed E-state index contributed by atoms with van der Waals surface area (Å²) in [5, 5.41) is 9.56. The minimum absolute atomic E-state index is 0.257. The Balaban J connectivity index is 2.04. The fraction of sp³-hybridized carbons (Fsp3) is 0.389. The van der Waals surface area contributed by atoms with Gasteiger partial charge in [0.25, 0.3) is 5.91 Å². The number of rotatable bonds is 3. The molecule has 6 nitrogen and oxygen atoms in total. The van der Waals surface area contributed by atoms with Gasteiger partial charge in [-0.05, 0) is 13.3 Å². The fourth-order valence-corrected chi connectivity index (χ4v) is 2.95. The van der Waals surface area contributed by atoms with Crippen LogP contribution in [0.4, 0.5) is 5.82 Å². The fourth-order valence-electron chi connectivity index (χ4n) is 2.95. The largest absolute Gasteiger partial charge is 0.384 e. The van der Waals surface area contributed by atoms with Crippen molar-refractivity contribution in [2.24, 2.45) is 0 Å². The van der Waals surface area contributed by atoms with E-state index in [9.17, 15) is 9.90 Å². The third kappa shape index (κ3) is 3.10. The quantitative estimate of drug-likeness (QED) is 0.925.